The summed E-state index contributed by atoms with van der Waals surface area (Å²) in [5.74, 6) is -0.251. The Balaban J connectivity index is 3.14. The van der Waals surface area contributed by atoms with E-state index in [0.29, 0.717) is 5.92 Å². The SMILES string of the molecule is CCC(c1cc(F)c(C)c(F)c1)C(C)C. The number of halogens is 2. The summed E-state index contributed by atoms with van der Waals surface area (Å²) in [7, 11) is 0. The molecule has 0 saturated carbocycles. The molecule has 1 rings (SSSR count). The summed E-state index contributed by atoms with van der Waals surface area (Å²) in [6, 6.07) is 2.93. The van der Waals surface area contributed by atoms with Crippen molar-refractivity contribution in [2.24, 2.45) is 5.92 Å². The summed E-state index contributed by atoms with van der Waals surface area (Å²) in [5.41, 5.74) is 0.880. The molecule has 1 aromatic carbocycles. The molecule has 0 amide bonds. The van der Waals surface area contributed by atoms with Crippen molar-refractivity contribution in [3.05, 3.63) is 34.9 Å². The first-order valence-electron chi connectivity index (χ1n) is 5.42. The third-order valence-electron chi connectivity index (χ3n) is 2.98. The van der Waals surface area contributed by atoms with Gasteiger partial charge in [-0.25, -0.2) is 8.78 Å². The molecule has 1 atom stereocenters. The van der Waals surface area contributed by atoms with E-state index in [2.05, 4.69) is 13.8 Å². The third kappa shape index (κ3) is 2.55. The van der Waals surface area contributed by atoms with Crippen molar-refractivity contribution in [3.63, 3.8) is 0 Å². The highest BCUT2D eigenvalue weighted by atomic mass is 19.1. The van der Waals surface area contributed by atoms with Gasteiger partial charge in [-0.3, -0.25) is 0 Å². The summed E-state index contributed by atoms with van der Waals surface area (Å²) in [5, 5.41) is 0. The molecule has 0 aliphatic heterocycles. The molecule has 0 spiro atoms. The maximum Gasteiger partial charge on any atom is 0.129 e. The molecule has 0 aliphatic rings. The van der Waals surface area contributed by atoms with Crippen molar-refractivity contribution in [2.45, 2.75) is 40.0 Å². The molecule has 0 nitrogen and oxygen atoms in total. The Labute approximate surface area is 90.3 Å². The van der Waals surface area contributed by atoms with Gasteiger partial charge in [-0.15, -0.1) is 0 Å². The monoisotopic (exact) mass is 212 g/mol. The van der Waals surface area contributed by atoms with Crippen molar-refractivity contribution in [1.29, 1.82) is 0 Å². The van der Waals surface area contributed by atoms with Gasteiger partial charge in [0, 0.05) is 5.56 Å². The maximum atomic E-state index is 13.4. The van der Waals surface area contributed by atoms with Crippen LogP contribution in [0.1, 0.15) is 44.2 Å². The zero-order chi connectivity index (χ0) is 11.6. The average Bonchev–Trinajstić information content (AvgIpc) is 2.14. The van der Waals surface area contributed by atoms with Gasteiger partial charge in [-0.05, 0) is 42.9 Å². The fourth-order valence-corrected chi connectivity index (χ4v) is 1.97. The summed E-state index contributed by atoms with van der Waals surface area (Å²) in [6.45, 7) is 7.65. The van der Waals surface area contributed by atoms with Crippen LogP contribution in [0, 0.1) is 24.5 Å². The minimum absolute atomic E-state index is 0.109. The predicted molar refractivity (Wildman–Crippen MR) is 59.0 cm³/mol. The molecule has 0 aromatic heterocycles. The van der Waals surface area contributed by atoms with Gasteiger partial charge in [0.25, 0.3) is 0 Å². The summed E-state index contributed by atoms with van der Waals surface area (Å²) in [4.78, 5) is 0. The molecule has 0 N–H and O–H groups in total. The molecular formula is C13H18F2. The minimum atomic E-state index is -0.441. The van der Waals surface area contributed by atoms with Gasteiger partial charge in [-0.2, -0.15) is 0 Å². The second-order valence-corrected chi connectivity index (χ2v) is 4.37. The molecule has 1 aromatic rings. The number of hydrogen-bond acceptors (Lipinski definition) is 0. The van der Waals surface area contributed by atoms with Crippen molar-refractivity contribution in [3.8, 4) is 0 Å². The first-order valence-corrected chi connectivity index (χ1v) is 5.42. The van der Waals surface area contributed by atoms with Gasteiger partial charge in [0.1, 0.15) is 11.6 Å². The number of benzene rings is 1. The number of rotatable bonds is 3. The lowest BCUT2D eigenvalue weighted by molar-refractivity contribution is 0.475. The van der Waals surface area contributed by atoms with E-state index in [0.717, 1.165) is 12.0 Å². The van der Waals surface area contributed by atoms with Gasteiger partial charge in [0.05, 0.1) is 0 Å². The smallest absolute Gasteiger partial charge is 0.129 e. The second-order valence-electron chi connectivity index (χ2n) is 4.37. The Morgan fingerprint density at radius 3 is 1.93 bits per heavy atom. The van der Waals surface area contributed by atoms with Gasteiger partial charge in [0.2, 0.25) is 0 Å². The van der Waals surface area contributed by atoms with E-state index in [9.17, 15) is 8.78 Å². The van der Waals surface area contributed by atoms with Crippen LogP contribution < -0.4 is 0 Å². The normalized spacial score (nSPS) is 13.3. The Kier molecular flexibility index (Phi) is 3.83. The fourth-order valence-electron chi connectivity index (χ4n) is 1.97. The lowest BCUT2D eigenvalue weighted by Gasteiger charge is -2.20. The highest BCUT2D eigenvalue weighted by Gasteiger charge is 2.16. The van der Waals surface area contributed by atoms with Crippen LogP contribution >= 0.6 is 0 Å². The molecule has 1 unspecified atom stereocenters. The largest absolute Gasteiger partial charge is 0.207 e. The summed E-state index contributed by atoms with van der Waals surface area (Å²) >= 11 is 0. The molecule has 0 aliphatic carbocycles. The van der Waals surface area contributed by atoms with Crippen LogP contribution in [-0.2, 0) is 0 Å². The summed E-state index contributed by atoms with van der Waals surface area (Å²) in [6.07, 6.45) is 0.902. The Morgan fingerprint density at radius 2 is 1.60 bits per heavy atom. The average molecular weight is 212 g/mol. The first-order chi connectivity index (χ1) is 6.97. The van der Waals surface area contributed by atoms with Crippen molar-refractivity contribution >= 4 is 0 Å². The van der Waals surface area contributed by atoms with Crippen molar-refractivity contribution in [2.75, 3.05) is 0 Å². The highest BCUT2D eigenvalue weighted by Crippen LogP contribution is 2.29. The first kappa shape index (κ1) is 12.2. The topological polar surface area (TPSA) is 0 Å². The molecule has 0 radical (unpaired) electrons. The van der Waals surface area contributed by atoms with E-state index >= 15 is 0 Å². The van der Waals surface area contributed by atoms with E-state index in [4.69, 9.17) is 0 Å². The summed E-state index contributed by atoms with van der Waals surface area (Å²) < 4.78 is 26.7. The highest BCUT2D eigenvalue weighted by molar-refractivity contribution is 5.28. The van der Waals surface area contributed by atoms with E-state index in [1.54, 1.807) is 0 Å². The third-order valence-corrected chi connectivity index (χ3v) is 2.98. The van der Waals surface area contributed by atoms with Crippen LogP contribution in [0.2, 0.25) is 0 Å². The van der Waals surface area contributed by atoms with Crippen molar-refractivity contribution in [1.82, 2.24) is 0 Å². The zero-order valence-electron chi connectivity index (χ0n) is 9.77. The van der Waals surface area contributed by atoms with Crippen LogP contribution in [0.4, 0.5) is 8.78 Å². The lowest BCUT2D eigenvalue weighted by Crippen LogP contribution is -2.07. The lowest BCUT2D eigenvalue weighted by atomic mass is 9.86. The fraction of sp³-hybridized carbons (Fsp3) is 0.538. The minimum Gasteiger partial charge on any atom is -0.207 e. The van der Waals surface area contributed by atoms with E-state index in [1.807, 2.05) is 6.92 Å². The number of hydrogen-bond donors (Lipinski definition) is 0. The van der Waals surface area contributed by atoms with Gasteiger partial charge in [-0.1, -0.05) is 20.8 Å². The van der Waals surface area contributed by atoms with Crippen LogP contribution in [0.25, 0.3) is 0 Å². The molecule has 0 saturated heterocycles. The van der Waals surface area contributed by atoms with E-state index in [-0.39, 0.29) is 11.5 Å². The Morgan fingerprint density at radius 1 is 1.13 bits per heavy atom. The molecule has 2 heteroatoms. The zero-order valence-corrected chi connectivity index (χ0v) is 9.77. The second kappa shape index (κ2) is 4.73. The van der Waals surface area contributed by atoms with Gasteiger partial charge < -0.3 is 0 Å². The molecular weight excluding hydrogens is 194 g/mol. The molecule has 0 fully saturated rings. The maximum absolute atomic E-state index is 13.4. The molecule has 0 bridgehead atoms. The predicted octanol–water partition coefficient (Wildman–Crippen LogP) is 4.42. The molecule has 0 heterocycles. The Bertz CT molecular complexity index is 319. The van der Waals surface area contributed by atoms with E-state index < -0.39 is 11.6 Å². The van der Waals surface area contributed by atoms with Crippen LogP contribution in [-0.4, -0.2) is 0 Å². The van der Waals surface area contributed by atoms with Gasteiger partial charge in [0.15, 0.2) is 0 Å². The van der Waals surface area contributed by atoms with Gasteiger partial charge >= 0.3 is 0 Å². The Hall–Kier alpha value is -0.920. The molecule has 15 heavy (non-hydrogen) atoms. The van der Waals surface area contributed by atoms with Crippen LogP contribution in [0.5, 0.6) is 0 Å². The van der Waals surface area contributed by atoms with Crippen molar-refractivity contribution < 1.29 is 8.78 Å². The molecule has 84 valence electrons. The quantitative estimate of drug-likeness (QED) is 0.695. The van der Waals surface area contributed by atoms with Crippen LogP contribution in [0.15, 0.2) is 12.1 Å². The van der Waals surface area contributed by atoms with Crippen LogP contribution in [0.3, 0.4) is 0 Å². The van der Waals surface area contributed by atoms with E-state index in [1.165, 1.54) is 19.1 Å². The standard InChI is InChI=1S/C13H18F2/c1-5-11(8(2)3)10-6-12(14)9(4)13(15)7-10/h6-8,11H,5H2,1-4H3.